The molecule has 0 aliphatic carbocycles. The number of nitrogens with one attached hydrogen (secondary N) is 3. The summed E-state index contributed by atoms with van der Waals surface area (Å²) in [6, 6.07) is 16.0. The van der Waals surface area contributed by atoms with E-state index in [1.54, 1.807) is 42.6 Å². The number of hydrogen-bond donors (Lipinski definition) is 3. The van der Waals surface area contributed by atoms with E-state index < -0.39 is 0 Å². The summed E-state index contributed by atoms with van der Waals surface area (Å²) in [5.41, 5.74) is 4.14. The molecule has 0 saturated heterocycles. The molecule has 0 unspecified atom stereocenters. The summed E-state index contributed by atoms with van der Waals surface area (Å²) in [6.45, 7) is 0.350. The number of anilines is 1. The molecule has 5 rings (SSSR count). The van der Waals surface area contributed by atoms with E-state index in [9.17, 15) is 9.59 Å². The molecule has 0 bridgehead atoms. The Morgan fingerprint density at radius 1 is 1.17 bits per heavy atom. The molecule has 2 aromatic heterocycles. The Labute approximate surface area is 211 Å². The number of carbonyl (C=O) groups is 2. The maximum Gasteiger partial charge on any atom is 0.262 e. The van der Waals surface area contributed by atoms with Crippen LogP contribution in [0.3, 0.4) is 0 Å². The van der Waals surface area contributed by atoms with Gasteiger partial charge in [-0.25, -0.2) is 9.97 Å². The van der Waals surface area contributed by atoms with Gasteiger partial charge in [0.2, 0.25) is 0 Å². The Bertz CT molecular complexity index is 1440. The summed E-state index contributed by atoms with van der Waals surface area (Å²) in [6.07, 6.45) is 2.37. The monoisotopic (exact) mass is 503 g/mol. The highest BCUT2D eigenvalue weighted by Gasteiger charge is 2.21. The average Bonchev–Trinajstić information content (AvgIpc) is 3.34. The average molecular weight is 504 g/mol. The zero-order chi connectivity index (χ0) is 25.1. The highest BCUT2D eigenvalue weighted by molar-refractivity contribution is 6.32. The number of benzene rings is 2. The highest BCUT2D eigenvalue weighted by atomic mass is 35.5. The Hall–Kier alpha value is -4.37. The zero-order valence-electron chi connectivity index (χ0n) is 19.3. The summed E-state index contributed by atoms with van der Waals surface area (Å²) in [5, 5.41) is 5.84. The SMILES string of the molecule is COc1cc(-c2nccc(-c3cc4c([nH]3)CCNC4=O)n2)cc(Cl)c1OCC(=O)Nc1ccccc1. The normalized spacial score (nSPS) is 12.4. The third kappa shape index (κ3) is 4.87. The molecule has 1 aliphatic rings. The van der Waals surface area contributed by atoms with E-state index in [0.717, 1.165) is 17.8 Å². The lowest BCUT2D eigenvalue weighted by Crippen LogP contribution is -2.31. The number of aromatic amines is 1. The van der Waals surface area contributed by atoms with Gasteiger partial charge < -0.3 is 25.1 Å². The van der Waals surface area contributed by atoms with Gasteiger partial charge in [0.05, 0.1) is 29.1 Å². The Morgan fingerprint density at radius 2 is 2.00 bits per heavy atom. The van der Waals surface area contributed by atoms with Crippen molar-refractivity contribution >= 4 is 29.1 Å². The minimum Gasteiger partial charge on any atom is -0.493 e. The lowest BCUT2D eigenvalue weighted by Gasteiger charge is -2.14. The molecule has 36 heavy (non-hydrogen) atoms. The van der Waals surface area contributed by atoms with Gasteiger partial charge in [-0.15, -0.1) is 0 Å². The van der Waals surface area contributed by atoms with Crippen molar-refractivity contribution in [2.24, 2.45) is 0 Å². The summed E-state index contributed by atoms with van der Waals surface area (Å²) < 4.78 is 11.2. The summed E-state index contributed by atoms with van der Waals surface area (Å²) >= 11 is 6.51. The second-order valence-corrected chi connectivity index (χ2v) is 8.45. The number of methoxy groups -OCH3 is 1. The van der Waals surface area contributed by atoms with Crippen molar-refractivity contribution in [3.63, 3.8) is 0 Å². The number of amides is 2. The quantitative estimate of drug-likeness (QED) is 0.349. The number of aromatic nitrogens is 3. The molecule has 0 fully saturated rings. The van der Waals surface area contributed by atoms with Gasteiger partial charge in [0.1, 0.15) is 0 Å². The largest absolute Gasteiger partial charge is 0.493 e. The molecule has 2 amide bonds. The maximum absolute atomic E-state index is 12.3. The first kappa shape index (κ1) is 23.4. The van der Waals surface area contributed by atoms with Gasteiger partial charge in [-0.2, -0.15) is 0 Å². The van der Waals surface area contributed by atoms with Crippen molar-refractivity contribution in [1.29, 1.82) is 0 Å². The molecule has 0 spiro atoms. The molecule has 182 valence electrons. The molecule has 0 radical (unpaired) electrons. The van der Waals surface area contributed by atoms with Crippen LogP contribution in [0.4, 0.5) is 5.69 Å². The third-order valence-electron chi connectivity index (χ3n) is 5.63. The standard InChI is InChI=1S/C26H22ClN5O4/c1-35-22-12-15(11-18(27)24(22)36-14-23(33)30-16-5-3-2-4-6-16)25-28-9-8-20(32-25)21-13-17-19(31-21)7-10-29-26(17)34/h2-6,8-9,11-13,31H,7,10,14H2,1H3,(H,29,34)(H,30,33). The molecule has 9 nitrogen and oxygen atoms in total. The molecule has 3 heterocycles. The summed E-state index contributed by atoms with van der Waals surface area (Å²) in [7, 11) is 1.48. The Morgan fingerprint density at radius 3 is 2.78 bits per heavy atom. The van der Waals surface area contributed by atoms with Crippen LogP contribution in [-0.2, 0) is 11.2 Å². The minimum absolute atomic E-state index is 0.0995. The van der Waals surface area contributed by atoms with Gasteiger partial charge in [-0.3, -0.25) is 9.59 Å². The predicted octanol–water partition coefficient (Wildman–Crippen LogP) is 4.10. The van der Waals surface area contributed by atoms with E-state index in [4.69, 9.17) is 21.1 Å². The number of hydrogen-bond acceptors (Lipinski definition) is 6. The number of rotatable bonds is 7. The first-order chi connectivity index (χ1) is 17.5. The molecule has 1 aliphatic heterocycles. The van der Waals surface area contributed by atoms with Crippen molar-refractivity contribution in [3.05, 3.63) is 77.1 Å². The second-order valence-electron chi connectivity index (χ2n) is 8.04. The van der Waals surface area contributed by atoms with Gasteiger partial charge in [0.25, 0.3) is 11.8 Å². The highest BCUT2D eigenvalue weighted by Crippen LogP contribution is 2.39. The van der Waals surface area contributed by atoms with E-state index in [1.165, 1.54) is 7.11 Å². The van der Waals surface area contributed by atoms with Crippen molar-refractivity contribution in [2.45, 2.75) is 6.42 Å². The number of fused-ring (bicyclic) bond motifs is 1. The Kier molecular flexibility index (Phi) is 6.55. The number of halogens is 1. The molecule has 10 heteroatoms. The van der Waals surface area contributed by atoms with Crippen LogP contribution < -0.4 is 20.1 Å². The van der Waals surface area contributed by atoms with Crippen LogP contribution in [0.5, 0.6) is 11.5 Å². The number of para-hydroxylation sites is 1. The minimum atomic E-state index is -0.332. The van der Waals surface area contributed by atoms with E-state index in [0.29, 0.717) is 40.6 Å². The molecule has 3 N–H and O–H groups in total. The van der Waals surface area contributed by atoms with E-state index in [-0.39, 0.29) is 29.2 Å². The lowest BCUT2D eigenvalue weighted by molar-refractivity contribution is -0.118. The second kappa shape index (κ2) is 10.1. The van der Waals surface area contributed by atoms with Crippen molar-refractivity contribution < 1.29 is 19.1 Å². The predicted molar refractivity (Wildman–Crippen MR) is 135 cm³/mol. The van der Waals surface area contributed by atoms with Gasteiger partial charge in [-0.1, -0.05) is 29.8 Å². The molecular weight excluding hydrogens is 482 g/mol. The fourth-order valence-corrected chi connectivity index (χ4v) is 4.19. The summed E-state index contributed by atoms with van der Waals surface area (Å²) in [4.78, 5) is 36.7. The van der Waals surface area contributed by atoms with Crippen molar-refractivity contribution in [3.8, 4) is 34.3 Å². The van der Waals surface area contributed by atoms with Gasteiger partial charge in [-0.05, 0) is 36.4 Å². The van der Waals surface area contributed by atoms with Crippen molar-refractivity contribution in [2.75, 3.05) is 25.6 Å². The van der Waals surface area contributed by atoms with E-state index in [1.807, 2.05) is 18.2 Å². The first-order valence-corrected chi connectivity index (χ1v) is 11.6. The molecule has 4 aromatic rings. The maximum atomic E-state index is 12.3. The molecule has 0 atom stereocenters. The van der Waals surface area contributed by atoms with Crippen LogP contribution in [0.25, 0.3) is 22.8 Å². The third-order valence-corrected chi connectivity index (χ3v) is 5.91. The number of carbonyl (C=O) groups excluding carboxylic acids is 2. The first-order valence-electron chi connectivity index (χ1n) is 11.2. The number of nitrogens with zero attached hydrogens (tertiary/aromatic N) is 2. The van der Waals surface area contributed by atoms with Crippen LogP contribution in [0.2, 0.25) is 5.02 Å². The van der Waals surface area contributed by atoms with Crippen molar-refractivity contribution in [1.82, 2.24) is 20.3 Å². The van der Waals surface area contributed by atoms with Gasteiger partial charge in [0.15, 0.2) is 23.9 Å². The number of H-pyrrole nitrogens is 1. The van der Waals surface area contributed by atoms with Gasteiger partial charge >= 0.3 is 0 Å². The zero-order valence-corrected chi connectivity index (χ0v) is 20.1. The molecule has 0 saturated carbocycles. The summed E-state index contributed by atoms with van der Waals surface area (Å²) in [5.74, 6) is 0.564. The number of ether oxygens (including phenoxy) is 2. The van der Waals surface area contributed by atoms with Gasteiger partial charge in [0, 0.05) is 36.1 Å². The van der Waals surface area contributed by atoms with Crippen LogP contribution in [-0.4, -0.2) is 47.0 Å². The van der Waals surface area contributed by atoms with E-state index in [2.05, 4.69) is 25.6 Å². The van der Waals surface area contributed by atoms with Crippen LogP contribution in [0, 0.1) is 0 Å². The fourth-order valence-electron chi connectivity index (χ4n) is 3.92. The van der Waals surface area contributed by atoms with Crippen LogP contribution in [0.1, 0.15) is 16.1 Å². The van der Waals surface area contributed by atoms with Crippen LogP contribution >= 0.6 is 11.6 Å². The lowest BCUT2D eigenvalue weighted by atomic mass is 10.1. The molecule has 2 aromatic carbocycles. The smallest absolute Gasteiger partial charge is 0.262 e. The Balaban J connectivity index is 1.37. The topological polar surface area (TPSA) is 118 Å². The van der Waals surface area contributed by atoms with Crippen LogP contribution in [0.15, 0.2) is 60.8 Å². The molecular formula is C26H22ClN5O4. The fraction of sp³-hybridized carbons (Fsp3) is 0.154. The van der Waals surface area contributed by atoms with E-state index >= 15 is 0 Å².